The number of carbonyl (C=O) groups excluding carboxylic acids is 3. The molecule has 1 saturated heterocycles. The molecule has 1 unspecified atom stereocenters. The van der Waals surface area contributed by atoms with Crippen LogP contribution in [0.4, 0.5) is 0 Å². The number of nitrogens with zero attached hydrogens (tertiary/aromatic N) is 1. The molecule has 1 aliphatic heterocycles. The Balaban J connectivity index is 2.17. The maximum Gasteiger partial charge on any atom is 0.327 e. The SMILES string of the molecule is CC(=O)SC(CC(=O)N1CSC[C@H]1C(=O)O)C(=O)c1cccc(Cl)c1. The smallest absolute Gasteiger partial charge is 0.327 e. The van der Waals surface area contributed by atoms with E-state index in [9.17, 15) is 24.3 Å². The molecule has 1 fully saturated rings. The molecule has 1 heterocycles. The van der Waals surface area contributed by atoms with Crippen molar-refractivity contribution in [3.8, 4) is 0 Å². The van der Waals surface area contributed by atoms with Crippen LogP contribution >= 0.6 is 35.1 Å². The van der Waals surface area contributed by atoms with E-state index >= 15 is 0 Å². The zero-order valence-electron chi connectivity index (χ0n) is 13.3. The third kappa shape index (κ3) is 5.23. The van der Waals surface area contributed by atoms with Gasteiger partial charge in [-0.05, 0) is 12.1 Å². The first-order valence-electron chi connectivity index (χ1n) is 7.36. The average molecular weight is 402 g/mol. The van der Waals surface area contributed by atoms with Crippen LogP contribution in [-0.4, -0.2) is 55.7 Å². The molecular weight excluding hydrogens is 386 g/mol. The Morgan fingerprint density at radius 2 is 2.12 bits per heavy atom. The Bertz CT molecular complexity index is 712. The summed E-state index contributed by atoms with van der Waals surface area (Å²) < 4.78 is 0. The molecule has 9 heteroatoms. The number of halogens is 1. The van der Waals surface area contributed by atoms with Crippen LogP contribution in [0.5, 0.6) is 0 Å². The number of thioether (sulfide) groups is 2. The quantitative estimate of drug-likeness (QED) is 0.732. The van der Waals surface area contributed by atoms with Crippen LogP contribution in [-0.2, 0) is 14.4 Å². The summed E-state index contributed by atoms with van der Waals surface area (Å²) in [6.45, 7) is 1.32. The Labute approximate surface area is 158 Å². The van der Waals surface area contributed by atoms with E-state index in [0.717, 1.165) is 11.8 Å². The number of hydrogen-bond donors (Lipinski definition) is 1. The summed E-state index contributed by atoms with van der Waals surface area (Å²) in [5.74, 6) is -1.33. The molecule has 1 aliphatic rings. The summed E-state index contributed by atoms with van der Waals surface area (Å²) in [6.07, 6.45) is -0.236. The van der Waals surface area contributed by atoms with Gasteiger partial charge in [0.15, 0.2) is 10.9 Å². The highest BCUT2D eigenvalue weighted by atomic mass is 35.5. The molecule has 0 spiro atoms. The molecule has 1 amide bonds. The fourth-order valence-electron chi connectivity index (χ4n) is 2.38. The second-order valence-corrected chi connectivity index (χ2v) is 8.21. The van der Waals surface area contributed by atoms with Crippen LogP contribution in [0.1, 0.15) is 23.7 Å². The lowest BCUT2D eigenvalue weighted by atomic mass is 10.1. The number of carboxylic acid groups (broad SMARTS) is 1. The highest BCUT2D eigenvalue weighted by Crippen LogP contribution is 2.27. The fraction of sp³-hybridized carbons (Fsp3) is 0.375. The second kappa shape index (κ2) is 8.73. The highest BCUT2D eigenvalue weighted by Gasteiger charge is 2.36. The highest BCUT2D eigenvalue weighted by molar-refractivity contribution is 8.14. The van der Waals surface area contributed by atoms with Crippen molar-refractivity contribution >= 4 is 57.9 Å². The van der Waals surface area contributed by atoms with Gasteiger partial charge in [-0.25, -0.2) is 4.79 Å². The van der Waals surface area contributed by atoms with E-state index < -0.39 is 23.2 Å². The van der Waals surface area contributed by atoms with Crippen LogP contribution in [0.3, 0.4) is 0 Å². The summed E-state index contributed by atoms with van der Waals surface area (Å²) in [6, 6.07) is 5.38. The first-order valence-corrected chi connectivity index (χ1v) is 9.78. The van der Waals surface area contributed by atoms with Crippen LogP contribution in [0.25, 0.3) is 0 Å². The van der Waals surface area contributed by atoms with Crippen molar-refractivity contribution < 1.29 is 24.3 Å². The molecule has 0 saturated carbocycles. The molecule has 1 N–H and O–H groups in total. The van der Waals surface area contributed by atoms with Crippen molar-refractivity contribution in [3.05, 3.63) is 34.9 Å². The Morgan fingerprint density at radius 3 is 2.72 bits per heavy atom. The van der Waals surface area contributed by atoms with Gasteiger partial charge >= 0.3 is 5.97 Å². The number of carboxylic acids is 1. The third-order valence-corrected chi connectivity index (χ3v) is 5.80. The van der Waals surface area contributed by atoms with Crippen LogP contribution < -0.4 is 0 Å². The van der Waals surface area contributed by atoms with Gasteiger partial charge < -0.3 is 10.0 Å². The molecule has 0 radical (unpaired) electrons. The minimum absolute atomic E-state index is 0.236. The molecule has 2 rings (SSSR count). The Hall–Kier alpha value is -1.51. The number of hydrogen-bond acceptors (Lipinski definition) is 6. The molecule has 0 aliphatic carbocycles. The predicted molar refractivity (Wildman–Crippen MR) is 98.1 cm³/mol. The second-order valence-electron chi connectivity index (χ2n) is 5.39. The van der Waals surface area contributed by atoms with Crippen molar-refractivity contribution in [2.24, 2.45) is 0 Å². The number of rotatable bonds is 6. The molecule has 0 aromatic heterocycles. The number of ketones is 1. The number of Topliss-reactive ketones (excluding diaryl/α,β-unsaturated/α-hetero) is 1. The predicted octanol–water partition coefficient (Wildman–Crippen LogP) is 2.55. The summed E-state index contributed by atoms with van der Waals surface area (Å²) in [5.41, 5.74) is 0.310. The molecule has 6 nitrogen and oxygen atoms in total. The zero-order chi connectivity index (χ0) is 18.6. The van der Waals surface area contributed by atoms with Gasteiger partial charge in [0.1, 0.15) is 6.04 Å². The minimum Gasteiger partial charge on any atom is -0.480 e. The van der Waals surface area contributed by atoms with Gasteiger partial charge in [0.05, 0.1) is 11.1 Å². The maximum atomic E-state index is 12.7. The van der Waals surface area contributed by atoms with Gasteiger partial charge in [0, 0.05) is 29.7 Å². The summed E-state index contributed by atoms with van der Waals surface area (Å²) in [4.78, 5) is 49.1. The van der Waals surface area contributed by atoms with E-state index in [1.807, 2.05) is 0 Å². The lowest BCUT2D eigenvalue weighted by Gasteiger charge is -2.22. The minimum atomic E-state index is -1.07. The molecule has 25 heavy (non-hydrogen) atoms. The van der Waals surface area contributed by atoms with Crippen molar-refractivity contribution in [1.29, 1.82) is 0 Å². The monoisotopic (exact) mass is 401 g/mol. The summed E-state index contributed by atoms with van der Waals surface area (Å²) >= 11 is 8.01. The lowest BCUT2D eigenvalue weighted by molar-refractivity contribution is -0.147. The number of aliphatic carboxylic acids is 1. The average Bonchev–Trinajstić information content (AvgIpc) is 3.03. The van der Waals surface area contributed by atoms with E-state index in [4.69, 9.17) is 11.6 Å². The van der Waals surface area contributed by atoms with E-state index in [0.29, 0.717) is 16.3 Å². The standard InChI is InChI=1S/C16H16ClNO5S2/c1-9(19)25-13(15(21)10-3-2-4-11(17)5-10)6-14(20)18-8-24-7-12(18)16(22)23/h2-5,12-13H,6-8H2,1H3,(H,22,23)/t12-,13?/m0/s1. The fourth-order valence-corrected chi connectivity index (χ4v) is 4.62. The van der Waals surface area contributed by atoms with E-state index in [1.54, 1.807) is 18.2 Å². The van der Waals surface area contributed by atoms with Gasteiger partial charge in [0.2, 0.25) is 5.91 Å². The zero-order valence-corrected chi connectivity index (χ0v) is 15.7. The molecule has 0 bridgehead atoms. The van der Waals surface area contributed by atoms with Crippen molar-refractivity contribution in [1.82, 2.24) is 4.90 Å². The first kappa shape index (κ1) is 19.8. The Morgan fingerprint density at radius 1 is 1.40 bits per heavy atom. The van der Waals surface area contributed by atoms with E-state index in [1.165, 1.54) is 29.7 Å². The molecule has 1 aromatic rings. The van der Waals surface area contributed by atoms with Crippen LogP contribution in [0.15, 0.2) is 24.3 Å². The van der Waals surface area contributed by atoms with Gasteiger partial charge in [0.25, 0.3) is 0 Å². The van der Waals surface area contributed by atoms with Crippen molar-refractivity contribution in [2.75, 3.05) is 11.6 Å². The largest absolute Gasteiger partial charge is 0.480 e. The van der Waals surface area contributed by atoms with E-state index in [2.05, 4.69) is 0 Å². The van der Waals surface area contributed by atoms with Gasteiger partial charge in [-0.15, -0.1) is 11.8 Å². The topological polar surface area (TPSA) is 91.8 Å². The Kier molecular flexibility index (Phi) is 6.92. The number of amides is 1. The summed E-state index contributed by atoms with van der Waals surface area (Å²) in [7, 11) is 0. The lowest BCUT2D eigenvalue weighted by Crippen LogP contribution is -2.43. The molecular formula is C16H16ClNO5S2. The van der Waals surface area contributed by atoms with Crippen molar-refractivity contribution in [3.63, 3.8) is 0 Å². The third-order valence-electron chi connectivity index (χ3n) is 3.56. The normalized spacial score (nSPS) is 18.0. The van der Waals surface area contributed by atoms with E-state index in [-0.39, 0.29) is 23.2 Å². The van der Waals surface area contributed by atoms with Gasteiger partial charge in [-0.2, -0.15) is 0 Å². The molecule has 134 valence electrons. The molecule has 2 atom stereocenters. The van der Waals surface area contributed by atoms with Gasteiger partial charge in [-0.3, -0.25) is 14.4 Å². The maximum absolute atomic E-state index is 12.7. The number of carbonyl (C=O) groups is 4. The van der Waals surface area contributed by atoms with Crippen LogP contribution in [0.2, 0.25) is 5.02 Å². The van der Waals surface area contributed by atoms with Crippen molar-refractivity contribution in [2.45, 2.75) is 24.6 Å². The van der Waals surface area contributed by atoms with Gasteiger partial charge in [-0.1, -0.05) is 35.5 Å². The van der Waals surface area contributed by atoms with Crippen LogP contribution in [0, 0.1) is 0 Å². The number of benzene rings is 1. The molecule has 1 aromatic carbocycles. The summed E-state index contributed by atoms with van der Waals surface area (Å²) in [5, 5.41) is 8.36. The first-order chi connectivity index (χ1) is 11.8.